The average molecular weight is 567 g/mol. The zero-order chi connectivity index (χ0) is 28.3. The summed E-state index contributed by atoms with van der Waals surface area (Å²) in [5, 5.41) is 9.68. The Balaban J connectivity index is 1.22. The van der Waals surface area contributed by atoms with Gasteiger partial charge in [-0.15, -0.1) is 11.3 Å². The maximum absolute atomic E-state index is 5.04. The van der Waals surface area contributed by atoms with Crippen molar-refractivity contribution in [2.24, 2.45) is 0 Å². The summed E-state index contributed by atoms with van der Waals surface area (Å²) in [6.07, 6.45) is 3.82. The molecule has 0 fully saturated rings. The third kappa shape index (κ3) is 3.97. The molecule has 0 saturated carbocycles. The standard InChI is InChI=1S/C38H22N4S/c1-2-7-24(8-3-1)36-40-37(27-13-15-30-25(20-27)11-10-23-6-4-5-9-29(23)30)42-38(41-36)28-14-16-31-26(21-28)12-17-32-33-22-39-19-18-34(33)43-35(31)32/h1-22H. The van der Waals surface area contributed by atoms with Crippen LogP contribution in [0.25, 0.3) is 86.7 Å². The van der Waals surface area contributed by atoms with E-state index in [1.54, 1.807) is 0 Å². The number of nitrogens with zero attached hydrogens (tertiary/aromatic N) is 4. The molecular formula is C38H22N4S. The molecule has 0 unspecified atom stereocenters. The number of fused-ring (bicyclic) bond motifs is 8. The van der Waals surface area contributed by atoms with Gasteiger partial charge in [0.25, 0.3) is 0 Å². The number of rotatable bonds is 3. The molecule has 5 heteroatoms. The van der Waals surface area contributed by atoms with Gasteiger partial charge in [-0.1, -0.05) is 103 Å². The van der Waals surface area contributed by atoms with Gasteiger partial charge in [-0.05, 0) is 50.5 Å². The smallest absolute Gasteiger partial charge is 0.164 e. The van der Waals surface area contributed by atoms with E-state index in [0.717, 1.165) is 27.5 Å². The van der Waals surface area contributed by atoms with Crippen molar-refractivity contribution in [2.45, 2.75) is 0 Å². The summed E-state index contributed by atoms with van der Waals surface area (Å²) >= 11 is 1.81. The van der Waals surface area contributed by atoms with E-state index >= 15 is 0 Å². The van der Waals surface area contributed by atoms with Gasteiger partial charge >= 0.3 is 0 Å². The summed E-state index contributed by atoms with van der Waals surface area (Å²) in [4.78, 5) is 19.3. The summed E-state index contributed by atoms with van der Waals surface area (Å²) in [6.45, 7) is 0. The first-order valence-corrected chi connectivity index (χ1v) is 15.0. The first kappa shape index (κ1) is 24.1. The molecule has 43 heavy (non-hydrogen) atoms. The van der Waals surface area contributed by atoms with Crippen LogP contribution in [0.2, 0.25) is 0 Å². The van der Waals surface area contributed by atoms with Gasteiger partial charge in [0.2, 0.25) is 0 Å². The molecule has 0 aliphatic carbocycles. The maximum Gasteiger partial charge on any atom is 0.164 e. The minimum atomic E-state index is 0.657. The topological polar surface area (TPSA) is 51.6 Å². The molecule has 6 aromatic carbocycles. The van der Waals surface area contributed by atoms with E-state index in [2.05, 4.69) is 96.0 Å². The van der Waals surface area contributed by atoms with Crippen LogP contribution in [0.3, 0.4) is 0 Å². The van der Waals surface area contributed by atoms with Crippen LogP contribution >= 0.6 is 11.3 Å². The van der Waals surface area contributed by atoms with Crippen molar-refractivity contribution in [1.29, 1.82) is 0 Å². The lowest BCUT2D eigenvalue weighted by Gasteiger charge is -2.10. The number of aromatic nitrogens is 4. The van der Waals surface area contributed by atoms with E-state index in [0.29, 0.717) is 17.5 Å². The molecule has 3 aromatic heterocycles. The summed E-state index contributed by atoms with van der Waals surface area (Å²) < 4.78 is 2.52. The number of hydrogen-bond acceptors (Lipinski definition) is 5. The molecule has 200 valence electrons. The van der Waals surface area contributed by atoms with Crippen LogP contribution in [0.5, 0.6) is 0 Å². The van der Waals surface area contributed by atoms with E-state index in [1.165, 1.54) is 41.7 Å². The molecule has 0 bridgehead atoms. The van der Waals surface area contributed by atoms with Gasteiger partial charge in [-0.2, -0.15) is 0 Å². The molecule has 9 rings (SSSR count). The Morgan fingerprint density at radius 1 is 0.419 bits per heavy atom. The summed E-state index contributed by atoms with van der Waals surface area (Å²) in [5.41, 5.74) is 2.88. The van der Waals surface area contributed by atoms with Crippen molar-refractivity contribution in [1.82, 2.24) is 19.9 Å². The Kier molecular flexibility index (Phi) is 5.33. The van der Waals surface area contributed by atoms with Crippen LogP contribution < -0.4 is 0 Å². The van der Waals surface area contributed by atoms with Gasteiger partial charge < -0.3 is 0 Å². The molecule has 0 atom stereocenters. The molecule has 9 aromatic rings. The molecule has 0 radical (unpaired) electrons. The fourth-order valence-corrected chi connectivity index (χ4v) is 7.25. The summed E-state index contributed by atoms with van der Waals surface area (Å²) in [6, 6.07) is 42.5. The van der Waals surface area contributed by atoms with Gasteiger partial charge in [0.15, 0.2) is 17.5 Å². The fourth-order valence-electron chi connectivity index (χ4n) is 6.05. The number of thiophene rings is 1. The minimum absolute atomic E-state index is 0.657. The van der Waals surface area contributed by atoms with Crippen molar-refractivity contribution < 1.29 is 0 Å². The molecule has 4 nitrogen and oxygen atoms in total. The number of benzene rings is 6. The third-order valence-corrected chi connectivity index (χ3v) is 9.40. The molecule has 0 saturated heterocycles. The van der Waals surface area contributed by atoms with E-state index in [-0.39, 0.29) is 0 Å². The highest BCUT2D eigenvalue weighted by atomic mass is 32.1. The first-order valence-electron chi connectivity index (χ1n) is 14.2. The lowest BCUT2D eigenvalue weighted by molar-refractivity contribution is 1.08. The predicted molar refractivity (Wildman–Crippen MR) is 179 cm³/mol. The molecule has 0 amide bonds. The number of pyridine rings is 1. The van der Waals surface area contributed by atoms with Gasteiger partial charge in [0.1, 0.15) is 0 Å². The molecule has 0 N–H and O–H groups in total. The monoisotopic (exact) mass is 566 g/mol. The highest BCUT2D eigenvalue weighted by Crippen LogP contribution is 2.39. The maximum atomic E-state index is 5.04. The van der Waals surface area contributed by atoms with Crippen molar-refractivity contribution in [3.8, 4) is 34.2 Å². The highest BCUT2D eigenvalue weighted by molar-refractivity contribution is 7.26. The van der Waals surface area contributed by atoms with Gasteiger partial charge in [-0.25, -0.2) is 15.0 Å². The van der Waals surface area contributed by atoms with Crippen molar-refractivity contribution in [3.63, 3.8) is 0 Å². The Bertz CT molecular complexity index is 2520. The van der Waals surface area contributed by atoms with Crippen molar-refractivity contribution in [2.75, 3.05) is 0 Å². The second-order valence-electron chi connectivity index (χ2n) is 10.7. The van der Waals surface area contributed by atoms with E-state index < -0.39 is 0 Å². The van der Waals surface area contributed by atoms with Crippen LogP contribution in [-0.2, 0) is 0 Å². The Labute approximate surface area is 251 Å². The zero-order valence-electron chi connectivity index (χ0n) is 22.9. The Morgan fingerprint density at radius 2 is 1.02 bits per heavy atom. The molecule has 0 aliphatic rings. The lowest BCUT2D eigenvalue weighted by atomic mass is 10.00. The normalized spacial score (nSPS) is 11.7. The van der Waals surface area contributed by atoms with Crippen LogP contribution in [0.1, 0.15) is 0 Å². The quantitative estimate of drug-likeness (QED) is 0.200. The number of hydrogen-bond donors (Lipinski definition) is 0. The lowest BCUT2D eigenvalue weighted by Crippen LogP contribution is -2.00. The van der Waals surface area contributed by atoms with Crippen molar-refractivity contribution >= 4 is 63.8 Å². The Morgan fingerprint density at radius 3 is 1.84 bits per heavy atom. The first-order chi connectivity index (χ1) is 21.3. The highest BCUT2D eigenvalue weighted by Gasteiger charge is 2.15. The van der Waals surface area contributed by atoms with Crippen LogP contribution in [0.15, 0.2) is 134 Å². The summed E-state index contributed by atoms with van der Waals surface area (Å²) in [5.74, 6) is 1.98. The molecule has 0 aliphatic heterocycles. The zero-order valence-corrected chi connectivity index (χ0v) is 23.7. The fraction of sp³-hybridized carbons (Fsp3) is 0. The predicted octanol–water partition coefficient (Wildman–Crippen LogP) is 10.1. The molecular weight excluding hydrogens is 545 g/mol. The molecule has 0 spiro atoms. The summed E-state index contributed by atoms with van der Waals surface area (Å²) in [7, 11) is 0. The SMILES string of the molecule is c1ccc(-c2nc(-c3ccc4c(ccc5ccccc54)c3)nc(-c3ccc4c(ccc5c6cnccc6sc45)c3)n2)cc1. The second-order valence-corrected chi connectivity index (χ2v) is 11.8. The van der Waals surface area contributed by atoms with E-state index in [9.17, 15) is 0 Å². The van der Waals surface area contributed by atoms with E-state index in [4.69, 9.17) is 15.0 Å². The largest absolute Gasteiger partial charge is 0.264 e. The van der Waals surface area contributed by atoms with Crippen LogP contribution in [-0.4, -0.2) is 19.9 Å². The average Bonchev–Trinajstić information content (AvgIpc) is 3.47. The van der Waals surface area contributed by atoms with E-state index in [1.807, 2.05) is 54.1 Å². The minimum Gasteiger partial charge on any atom is -0.264 e. The third-order valence-electron chi connectivity index (χ3n) is 8.18. The van der Waals surface area contributed by atoms with Crippen molar-refractivity contribution in [3.05, 3.63) is 134 Å². The van der Waals surface area contributed by atoms with Crippen LogP contribution in [0, 0.1) is 0 Å². The van der Waals surface area contributed by atoms with Gasteiger partial charge in [-0.3, -0.25) is 4.98 Å². The van der Waals surface area contributed by atoms with Gasteiger partial charge in [0.05, 0.1) is 0 Å². The van der Waals surface area contributed by atoms with Gasteiger partial charge in [0, 0.05) is 49.3 Å². The van der Waals surface area contributed by atoms with Crippen LogP contribution in [0.4, 0.5) is 0 Å². The molecule has 3 heterocycles. The second kappa shape index (κ2) is 9.51. The Hall–Kier alpha value is -5.52.